The van der Waals surface area contributed by atoms with Crippen molar-refractivity contribution in [3.8, 4) is 12.1 Å². The molecule has 26 heavy (non-hydrogen) atoms. The van der Waals surface area contributed by atoms with Crippen LogP contribution in [-0.2, 0) is 0 Å². The molecule has 0 N–H and O–H groups in total. The molecule has 2 atom stereocenters. The lowest BCUT2D eigenvalue weighted by Crippen LogP contribution is -2.24. The van der Waals surface area contributed by atoms with Crippen LogP contribution in [0.2, 0.25) is 0 Å². The van der Waals surface area contributed by atoms with Gasteiger partial charge in [0.2, 0.25) is 0 Å². The lowest BCUT2D eigenvalue weighted by atomic mass is 9.68. The van der Waals surface area contributed by atoms with Gasteiger partial charge in [-0.1, -0.05) is 60.7 Å². The summed E-state index contributed by atoms with van der Waals surface area (Å²) in [6.45, 7) is 8.02. The summed E-state index contributed by atoms with van der Waals surface area (Å²) in [5.41, 5.74) is 1.55. The monoisotopic (exact) mass is 344 g/mol. The highest BCUT2D eigenvalue weighted by molar-refractivity contribution is 5.28. The van der Waals surface area contributed by atoms with Crippen LogP contribution in [-0.4, -0.2) is 0 Å². The van der Waals surface area contributed by atoms with E-state index in [1.807, 2.05) is 52.0 Å². The SMILES string of the molecule is CC(C)(C#N)C[C@H](C[C@H](c1ccccc1)C(C)(C)C#N)c1ccccc1. The quantitative estimate of drug-likeness (QED) is 0.580. The van der Waals surface area contributed by atoms with Crippen molar-refractivity contribution >= 4 is 0 Å². The van der Waals surface area contributed by atoms with Gasteiger partial charge >= 0.3 is 0 Å². The van der Waals surface area contributed by atoms with Crippen molar-refractivity contribution in [3.05, 3.63) is 71.8 Å². The van der Waals surface area contributed by atoms with Gasteiger partial charge in [0.15, 0.2) is 0 Å². The summed E-state index contributed by atoms with van der Waals surface area (Å²) in [5.74, 6) is 0.331. The highest BCUT2D eigenvalue weighted by Crippen LogP contribution is 2.45. The van der Waals surface area contributed by atoms with Crippen LogP contribution in [0, 0.1) is 33.5 Å². The van der Waals surface area contributed by atoms with Crippen molar-refractivity contribution in [2.24, 2.45) is 10.8 Å². The minimum atomic E-state index is -0.481. The molecule has 0 radical (unpaired) electrons. The third-order valence-corrected chi connectivity index (χ3v) is 5.21. The first-order valence-electron chi connectivity index (χ1n) is 9.21. The molecule has 0 unspecified atom stereocenters. The summed E-state index contributed by atoms with van der Waals surface area (Å²) in [5, 5.41) is 19.3. The smallest absolute Gasteiger partial charge is 0.0690 e. The summed E-state index contributed by atoms with van der Waals surface area (Å²) in [6, 6.07) is 25.6. The fourth-order valence-corrected chi connectivity index (χ4v) is 3.62. The van der Waals surface area contributed by atoms with Gasteiger partial charge in [-0.05, 0) is 57.6 Å². The number of hydrogen-bond acceptors (Lipinski definition) is 2. The lowest BCUT2D eigenvalue weighted by Gasteiger charge is -2.34. The first-order chi connectivity index (χ1) is 12.3. The number of rotatable bonds is 7. The summed E-state index contributed by atoms with van der Waals surface area (Å²) >= 11 is 0. The number of hydrogen-bond donors (Lipinski definition) is 0. The van der Waals surface area contributed by atoms with Gasteiger partial charge in [0.05, 0.1) is 23.0 Å². The molecule has 0 saturated heterocycles. The highest BCUT2D eigenvalue weighted by Gasteiger charge is 2.35. The molecule has 0 aliphatic rings. The molecule has 2 aromatic carbocycles. The predicted molar refractivity (Wildman–Crippen MR) is 106 cm³/mol. The van der Waals surface area contributed by atoms with Gasteiger partial charge in [0.1, 0.15) is 0 Å². The molecule has 2 aromatic rings. The molecule has 2 nitrogen and oxygen atoms in total. The van der Waals surface area contributed by atoms with E-state index in [1.54, 1.807) is 0 Å². The molecule has 0 aliphatic carbocycles. The van der Waals surface area contributed by atoms with Crippen LogP contribution in [0.15, 0.2) is 60.7 Å². The normalized spacial score (nSPS) is 14.1. The molecule has 0 aliphatic heterocycles. The first kappa shape index (κ1) is 19.7. The molecule has 2 rings (SSSR count). The molecule has 0 fully saturated rings. The Morgan fingerprint density at radius 2 is 1.27 bits per heavy atom. The number of nitriles is 2. The molecular weight excluding hydrogens is 316 g/mol. The fourth-order valence-electron chi connectivity index (χ4n) is 3.62. The molecule has 0 heterocycles. The highest BCUT2D eigenvalue weighted by atomic mass is 14.4. The number of nitrogens with zero attached hydrogens (tertiary/aromatic N) is 2. The van der Waals surface area contributed by atoms with E-state index in [2.05, 4.69) is 48.5 Å². The Hall–Kier alpha value is -2.58. The Balaban J connectivity index is 2.43. The second-order valence-electron chi connectivity index (χ2n) is 8.34. The van der Waals surface area contributed by atoms with E-state index in [9.17, 15) is 10.5 Å². The van der Waals surface area contributed by atoms with Crippen molar-refractivity contribution in [2.45, 2.75) is 52.4 Å². The van der Waals surface area contributed by atoms with Gasteiger partial charge in [-0.25, -0.2) is 0 Å². The molecule has 0 bridgehead atoms. The van der Waals surface area contributed by atoms with Crippen LogP contribution >= 0.6 is 0 Å². The van der Waals surface area contributed by atoms with Crippen LogP contribution in [0.25, 0.3) is 0 Å². The van der Waals surface area contributed by atoms with E-state index >= 15 is 0 Å². The Bertz CT molecular complexity index is 776. The van der Waals surface area contributed by atoms with Crippen molar-refractivity contribution in [1.82, 2.24) is 0 Å². The maximum absolute atomic E-state index is 9.79. The second kappa shape index (κ2) is 8.20. The summed E-state index contributed by atoms with van der Waals surface area (Å²) in [6.07, 6.45) is 1.62. The zero-order valence-electron chi connectivity index (χ0n) is 16.2. The van der Waals surface area contributed by atoms with E-state index < -0.39 is 10.8 Å². The maximum Gasteiger partial charge on any atom is 0.0690 e. The van der Waals surface area contributed by atoms with Gasteiger partial charge in [-0.15, -0.1) is 0 Å². The average Bonchev–Trinajstić information content (AvgIpc) is 2.66. The first-order valence-corrected chi connectivity index (χ1v) is 9.21. The van der Waals surface area contributed by atoms with Gasteiger partial charge in [-0.2, -0.15) is 10.5 Å². The van der Waals surface area contributed by atoms with Crippen LogP contribution in [0.4, 0.5) is 0 Å². The summed E-state index contributed by atoms with van der Waals surface area (Å²) < 4.78 is 0. The Labute approximate surface area is 158 Å². The van der Waals surface area contributed by atoms with Gasteiger partial charge < -0.3 is 0 Å². The molecular formula is C24H28N2. The van der Waals surface area contributed by atoms with Crippen LogP contribution < -0.4 is 0 Å². The van der Waals surface area contributed by atoms with E-state index in [1.165, 1.54) is 11.1 Å². The van der Waals surface area contributed by atoms with Crippen molar-refractivity contribution < 1.29 is 0 Å². The third-order valence-electron chi connectivity index (χ3n) is 5.21. The largest absolute Gasteiger partial charge is 0.198 e. The zero-order chi connectivity index (χ0) is 19.2. The summed E-state index contributed by atoms with van der Waals surface area (Å²) in [7, 11) is 0. The molecule has 134 valence electrons. The fraction of sp³-hybridized carbons (Fsp3) is 0.417. The van der Waals surface area contributed by atoms with Crippen LogP contribution in [0.5, 0.6) is 0 Å². The minimum Gasteiger partial charge on any atom is -0.198 e. The van der Waals surface area contributed by atoms with Crippen molar-refractivity contribution in [1.29, 1.82) is 10.5 Å². The van der Waals surface area contributed by atoms with Crippen LogP contribution in [0.3, 0.4) is 0 Å². The van der Waals surface area contributed by atoms with Gasteiger partial charge in [0, 0.05) is 5.92 Å². The number of benzene rings is 2. The molecule has 0 saturated carbocycles. The van der Waals surface area contributed by atoms with E-state index in [4.69, 9.17) is 0 Å². The Morgan fingerprint density at radius 3 is 1.73 bits per heavy atom. The molecule has 2 heteroatoms. The van der Waals surface area contributed by atoms with E-state index in [0.29, 0.717) is 0 Å². The summed E-state index contributed by atoms with van der Waals surface area (Å²) in [4.78, 5) is 0. The van der Waals surface area contributed by atoms with E-state index in [-0.39, 0.29) is 11.8 Å². The standard InChI is InChI=1S/C24H28N2/c1-23(2,17-25)16-21(19-11-7-5-8-12-19)15-22(24(3,4)18-26)20-13-9-6-10-14-20/h5-14,21-22H,15-16H2,1-4H3/t21-,22+/m0/s1. The van der Waals surface area contributed by atoms with E-state index in [0.717, 1.165) is 12.8 Å². The minimum absolute atomic E-state index is 0.105. The maximum atomic E-state index is 9.79. The molecule has 0 spiro atoms. The average molecular weight is 345 g/mol. The molecule has 0 aromatic heterocycles. The Kier molecular flexibility index (Phi) is 6.23. The molecule has 0 amide bonds. The Morgan fingerprint density at radius 1 is 0.769 bits per heavy atom. The van der Waals surface area contributed by atoms with Crippen molar-refractivity contribution in [2.75, 3.05) is 0 Å². The second-order valence-corrected chi connectivity index (χ2v) is 8.34. The topological polar surface area (TPSA) is 47.6 Å². The third kappa shape index (κ3) is 4.96. The van der Waals surface area contributed by atoms with Gasteiger partial charge in [-0.3, -0.25) is 0 Å². The lowest BCUT2D eigenvalue weighted by molar-refractivity contribution is 0.305. The van der Waals surface area contributed by atoms with Crippen molar-refractivity contribution in [3.63, 3.8) is 0 Å². The van der Waals surface area contributed by atoms with Gasteiger partial charge in [0.25, 0.3) is 0 Å². The zero-order valence-corrected chi connectivity index (χ0v) is 16.2. The van der Waals surface area contributed by atoms with Crippen LogP contribution in [0.1, 0.15) is 63.5 Å². The predicted octanol–water partition coefficient (Wildman–Crippen LogP) is 6.43.